The van der Waals surface area contributed by atoms with Crippen molar-refractivity contribution >= 4 is 41.4 Å². The molecule has 0 nitrogen and oxygen atoms in total. The van der Waals surface area contributed by atoms with Crippen molar-refractivity contribution in [1.29, 1.82) is 0 Å². The van der Waals surface area contributed by atoms with Crippen molar-refractivity contribution in [2.75, 3.05) is 0 Å². The molecule has 0 bridgehead atoms. The minimum Gasteiger partial charge on any atom is -0.184 e. The van der Waals surface area contributed by atoms with E-state index in [0.717, 1.165) is 9.52 Å². The van der Waals surface area contributed by atoms with Crippen LogP contribution in [0.5, 0.6) is 0 Å². The Hall–Kier alpha value is -5.92. The van der Waals surface area contributed by atoms with Crippen molar-refractivity contribution in [2.45, 2.75) is 27.7 Å². The van der Waals surface area contributed by atoms with Gasteiger partial charge in [-0.15, -0.1) is 74.6 Å². The van der Waals surface area contributed by atoms with Gasteiger partial charge in [0, 0.05) is 0 Å². The Bertz CT molecular complexity index is 2850. The third kappa shape index (κ3) is 8.28. The molecule has 0 amide bonds. The van der Waals surface area contributed by atoms with Crippen molar-refractivity contribution in [1.82, 2.24) is 0 Å². The van der Waals surface area contributed by atoms with E-state index in [2.05, 4.69) is 228 Å². The minimum absolute atomic E-state index is 0. The zero-order chi connectivity index (χ0) is 40.3. The fourth-order valence-electron chi connectivity index (χ4n) is 8.35. The molecule has 1 aliphatic rings. The number of aryl methyl sites for hydroxylation is 2. The van der Waals surface area contributed by atoms with Gasteiger partial charge in [0.05, 0.1) is 9.52 Å². The van der Waals surface area contributed by atoms with E-state index >= 15 is 0 Å². The van der Waals surface area contributed by atoms with Gasteiger partial charge in [0.25, 0.3) is 0 Å². The largest absolute Gasteiger partial charge is 3.00 e. The summed E-state index contributed by atoms with van der Waals surface area (Å²) in [6, 6.07) is 74.9. The van der Waals surface area contributed by atoms with Crippen molar-refractivity contribution in [2.24, 2.45) is 0 Å². The minimum atomic E-state index is 0. The monoisotopic (exact) mass is 859 g/mol. The van der Waals surface area contributed by atoms with E-state index < -0.39 is 0 Å². The molecule has 0 aromatic heterocycles. The van der Waals surface area contributed by atoms with Gasteiger partial charge in [-0.25, -0.2) is 0 Å². The van der Waals surface area contributed by atoms with Gasteiger partial charge in [-0.3, -0.25) is 0 Å². The second kappa shape index (κ2) is 18.1. The third-order valence-electron chi connectivity index (χ3n) is 11.8. The van der Waals surface area contributed by atoms with Crippen LogP contribution in [0.25, 0.3) is 77.2 Å². The summed E-state index contributed by atoms with van der Waals surface area (Å²) in [6.45, 7) is 8.79. The van der Waals surface area contributed by atoms with Crippen LogP contribution < -0.4 is 10.4 Å². The van der Waals surface area contributed by atoms with E-state index in [9.17, 15) is 0 Å². The Morgan fingerprint density at radius 3 is 1.37 bits per heavy atom. The number of benzene rings is 8. The zero-order valence-corrected chi connectivity index (χ0v) is 38.0. The molecule has 60 heavy (non-hydrogen) atoms. The molecule has 0 saturated heterocycles. The van der Waals surface area contributed by atoms with Crippen molar-refractivity contribution in [3.05, 3.63) is 229 Å². The summed E-state index contributed by atoms with van der Waals surface area (Å²) < 4.78 is 0. The summed E-state index contributed by atoms with van der Waals surface area (Å²) in [7, 11) is 0.795. The molecule has 10 aromatic rings. The van der Waals surface area contributed by atoms with Crippen LogP contribution in [0, 0.1) is 33.8 Å². The van der Waals surface area contributed by atoms with Gasteiger partial charge in [0.2, 0.25) is 0 Å². The summed E-state index contributed by atoms with van der Waals surface area (Å²) in [6.07, 6.45) is 0. The predicted octanol–water partition coefficient (Wildman–Crippen LogP) is 14.1. The van der Waals surface area contributed by atoms with Crippen molar-refractivity contribution in [3.63, 3.8) is 0 Å². The smallest absolute Gasteiger partial charge is 0.184 e. The Morgan fingerprint density at radius 2 is 0.833 bits per heavy atom. The Morgan fingerprint density at radius 1 is 0.400 bits per heavy atom. The summed E-state index contributed by atoms with van der Waals surface area (Å²) in [5, 5.41) is 8.10. The molecule has 1 aliphatic heterocycles. The van der Waals surface area contributed by atoms with Gasteiger partial charge in [-0.1, -0.05) is 179 Å². The average molecular weight is 861 g/mol. The van der Waals surface area contributed by atoms with Crippen molar-refractivity contribution in [3.8, 4) is 55.6 Å². The van der Waals surface area contributed by atoms with E-state index in [-0.39, 0.29) is 26.2 Å². The molecular formula is C58H45SiZr. The van der Waals surface area contributed by atoms with Crippen LogP contribution in [-0.2, 0) is 26.2 Å². The van der Waals surface area contributed by atoms with E-state index in [1.165, 1.54) is 110 Å². The maximum Gasteiger partial charge on any atom is 3.00 e. The fourth-order valence-corrected chi connectivity index (χ4v) is 9.66. The molecule has 0 aliphatic carbocycles. The standard InChI is InChI=1S/2C23H19.C12H7Si.Zr/c2*1-16-8-6-12-21(17(16)2)22-13-7-11-19-14-20(15-23(19)22)18-9-4-3-5-10-18;1-3-7-11-9(5-1)10-6-2-4-8-12(10)13-11;/h2*3-15H,1-2H3;1-7H;/q3*-1;+3. The van der Waals surface area contributed by atoms with Crippen LogP contribution in [0.2, 0.25) is 0 Å². The Kier molecular flexibility index (Phi) is 12.3. The van der Waals surface area contributed by atoms with Gasteiger partial charge >= 0.3 is 26.2 Å². The van der Waals surface area contributed by atoms with E-state index in [1.807, 2.05) is 6.07 Å². The molecule has 0 spiro atoms. The molecule has 3 radical (unpaired) electrons. The summed E-state index contributed by atoms with van der Waals surface area (Å²) >= 11 is 0. The van der Waals surface area contributed by atoms with Crippen LogP contribution in [0.15, 0.2) is 200 Å². The molecule has 0 unspecified atom stereocenters. The number of hydrogen-bond acceptors (Lipinski definition) is 0. The zero-order valence-electron chi connectivity index (χ0n) is 34.6. The van der Waals surface area contributed by atoms with Crippen LogP contribution in [-0.4, -0.2) is 9.52 Å². The first-order valence-corrected chi connectivity index (χ1v) is 21.4. The molecule has 0 fully saturated rings. The molecule has 0 saturated carbocycles. The quantitative estimate of drug-likeness (QED) is 0.122. The first-order valence-electron chi connectivity index (χ1n) is 20.4. The maximum atomic E-state index is 3.31. The van der Waals surface area contributed by atoms with Crippen molar-refractivity contribution < 1.29 is 26.2 Å². The van der Waals surface area contributed by atoms with Gasteiger partial charge < -0.3 is 0 Å². The molecule has 0 N–H and O–H groups in total. The normalized spacial score (nSPS) is 11.1. The Balaban J connectivity index is 0.000000128. The van der Waals surface area contributed by atoms with E-state index in [1.54, 1.807) is 0 Å². The van der Waals surface area contributed by atoms with Gasteiger partial charge in [-0.05, 0) is 61.1 Å². The third-order valence-corrected chi connectivity index (χ3v) is 13.2. The van der Waals surface area contributed by atoms with Crippen LogP contribution in [0.4, 0.5) is 0 Å². The molecule has 11 rings (SSSR count). The molecule has 1 heterocycles. The second-order valence-electron chi connectivity index (χ2n) is 15.5. The van der Waals surface area contributed by atoms with Crippen LogP contribution in [0.3, 0.4) is 0 Å². The number of rotatable bonds is 4. The summed E-state index contributed by atoms with van der Waals surface area (Å²) in [5.41, 5.74) is 18.6. The van der Waals surface area contributed by atoms with Crippen LogP contribution >= 0.6 is 0 Å². The maximum absolute atomic E-state index is 3.31. The molecule has 2 heteroatoms. The SMILES string of the molecule is Cc1cccc(-c2cccc3[cH-]c(-c4ccccc4)cc23)c1C.Cc1cccc(-c2cccc3[cH-]c(-c4ccccc4)cc23)c1C.[Zr+3].[c-]1cccc2c1[Si]c1ccccc1-2. The topological polar surface area (TPSA) is 0 Å². The summed E-state index contributed by atoms with van der Waals surface area (Å²) in [5.74, 6) is 0. The number of fused-ring (bicyclic) bond motifs is 5. The molecule has 10 aromatic carbocycles. The molecule has 0 atom stereocenters. The predicted molar refractivity (Wildman–Crippen MR) is 256 cm³/mol. The van der Waals surface area contributed by atoms with Gasteiger partial charge in [0.1, 0.15) is 0 Å². The first-order chi connectivity index (χ1) is 28.9. The fraction of sp³-hybridized carbons (Fsp3) is 0.0690. The van der Waals surface area contributed by atoms with E-state index in [4.69, 9.17) is 0 Å². The van der Waals surface area contributed by atoms with Gasteiger partial charge in [0.15, 0.2) is 0 Å². The second-order valence-corrected chi connectivity index (χ2v) is 16.8. The van der Waals surface area contributed by atoms with E-state index in [0.29, 0.717) is 0 Å². The number of hydrogen-bond donors (Lipinski definition) is 0. The molecule has 285 valence electrons. The first kappa shape index (κ1) is 40.8. The van der Waals surface area contributed by atoms with Crippen LogP contribution in [0.1, 0.15) is 22.3 Å². The summed E-state index contributed by atoms with van der Waals surface area (Å²) in [4.78, 5) is 0. The average Bonchev–Trinajstić information content (AvgIpc) is 4.03. The Labute approximate surface area is 376 Å². The van der Waals surface area contributed by atoms with Gasteiger partial charge in [-0.2, -0.15) is 29.5 Å². The molecular weight excluding hydrogens is 816 g/mol.